The maximum atomic E-state index is 13.7. The van der Waals surface area contributed by atoms with E-state index in [-0.39, 0.29) is 34.2 Å². The van der Waals surface area contributed by atoms with Crippen LogP contribution in [0.5, 0.6) is 0 Å². The highest BCUT2D eigenvalue weighted by molar-refractivity contribution is 9.10. The lowest BCUT2D eigenvalue weighted by Crippen LogP contribution is -2.66. The molecule has 3 saturated heterocycles. The maximum absolute atomic E-state index is 13.7. The number of hydrogen-bond acceptors (Lipinski definition) is 4. The van der Waals surface area contributed by atoms with Crippen LogP contribution in [0.25, 0.3) is 0 Å². The lowest BCUT2D eigenvalue weighted by molar-refractivity contribution is -0.141. The summed E-state index contributed by atoms with van der Waals surface area (Å²) in [4.78, 5) is 33.8. The number of carbonyl (C=O) groups excluding carboxylic acids is 2. The molecule has 2 aromatic carbocycles. The molecule has 2 aromatic rings. The van der Waals surface area contributed by atoms with Gasteiger partial charge in [-0.2, -0.15) is 13.2 Å². The molecule has 0 unspecified atom stereocenters. The Morgan fingerprint density at radius 1 is 1.07 bits per heavy atom. The summed E-state index contributed by atoms with van der Waals surface area (Å²) in [6, 6.07) is 10.2. The fraction of sp³-hybridized carbons (Fsp3) is 0.533. The highest BCUT2D eigenvalue weighted by atomic mass is 79.9. The predicted octanol–water partition coefficient (Wildman–Crippen LogP) is 5.23. The molecule has 0 aliphatic carbocycles. The number of rotatable bonds is 8. The van der Waals surface area contributed by atoms with Crippen LogP contribution in [0, 0.1) is 5.82 Å². The summed E-state index contributed by atoms with van der Waals surface area (Å²) in [6.45, 7) is 5.58. The Labute approximate surface area is 246 Å². The number of amides is 2. The highest BCUT2D eigenvalue weighted by Gasteiger charge is 2.39. The van der Waals surface area contributed by atoms with Gasteiger partial charge in [-0.3, -0.25) is 14.5 Å². The topological polar surface area (TPSA) is 47.1 Å². The van der Waals surface area contributed by atoms with Crippen molar-refractivity contribution in [2.24, 2.45) is 0 Å². The summed E-state index contributed by atoms with van der Waals surface area (Å²) in [5.74, 6) is -0.689. The van der Waals surface area contributed by atoms with Gasteiger partial charge in [-0.25, -0.2) is 4.39 Å². The Bertz CT molecular complexity index is 1250. The summed E-state index contributed by atoms with van der Waals surface area (Å²) in [7, 11) is 1.59. The van der Waals surface area contributed by atoms with Crippen LogP contribution in [0.15, 0.2) is 46.9 Å². The number of benzene rings is 2. The number of hydrogen-bond donors (Lipinski definition) is 0. The largest absolute Gasteiger partial charge is 0.416 e. The van der Waals surface area contributed by atoms with Crippen LogP contribution in [0.3, 0.4) is 0 Å². The number of likely N-dealkylation sites (N-methyl/N-ethyl adjacent to an activating group) is 1. The van der Waals surface area contributed by atoms with Gasteiger partial charge in [0.1, 0.15) is 5.82 Å². The minimum absolute atomic E-state index is 0.0441. The first kappa shape index (κ1) is 30.0. The minimum Gasteiger partial charge on any atom is -0.341 e. The number of likely N-dealkylation sites (tertiary alicyclic amines) is 1. The van der Waals surface area contributed by atoms with Crippen LogP contribution in [0.4, 0.5) is 17.6 Å². The molecule has 2 amide bonds. The second-order valence-electron chi connectivity index (χ2n) is 11.5. The zero-order valence-electron chi connectivity index (χ0n) is 23.0. The molecule has 41 heavy (non-hydrogen) atoms. The minimum atomic E-state index is -4.56. The molecular formula is C30H35BrF4N4O2. The van der Waals surface area contributed by atoms with Gasteiger partial charge in [0.2, 0.25) is 5.91 Å². The van der Waals surface area contributed by atoms with Crippen LogP contribution in [-0.2, 0) is 11.0 Å². The van der Waals surface area contributed by atoms with Crippen molar-refractivity contribution >= 4 is 27.7 Å². The van der Waals surface area contributed by atoms with Gasteiger partial charge in [0, 0.05) is 80.8 Å². The molecule has 6 nitrogen and oxygen atoms in total. The molecule has 3 heterocycles. The van der Waals surface area contributed by atoms with E-state index in [9.17, 15) is 27.2 Å². The van der Waals surface area contributed by atoms with E-state index in [2.05, 4.69) is 30.6 Å². The van der Waals surface area contributed by atoms with Crippen molar-refractivity contribution in [2.75, 3.05) is 52.9 Å². The Balaban J connectivity index is 1.19. The molecule has 5 rings (SSSR count). The van der Waals surface area contributed by atoms with Gasteiger partial charge < -0.3 is 14.7 Å². The van der Waals surface area contributed by atoms with Gasteiger partial charge >= 0.3 is 6.18 Å². The summed E-state index contributed by atoms with van der Waals surface area (Å²) in [5.41, 5.74) is -0.0496. The number of alkyl halides is 3. The monoisotopic (exact) mass is 638 g/mol. The van der Waals surface area contributed by atoms with Gasteiger partial charge in [-0.15, -0.1) is 0 Å². The first-order valence-electron chi connectivity index (χ1n) is 14.1. The van der Waals surface area contributed by atoms with Crippen LogP contribution >= 0.6 is 15.9 Å². The molecule has 0 radical (unpaired) electrons. The summed E-state index contributed by atoms with van der Waals surface area (Å²) in [6.07, 6.45) is -1.14. The molecule has 3 aliphatic rings. The molecule has 2 atom stereocenters. The van der Waals surface area contributed by atoms with Gasteiger partial charge in [0.05, 0.1) is 5.56 Å². The third-order valence-corrected chi connectivity index (χ3v) is 9.12. The van der Waals surface area contributed by atoms with E-state index in [0.717, 1.165) is 69.8 Å². The van der Waals surface area contributed by atoms with E-state index < -0.39 is 17.6 Å². The maximum Gasteiger partial charge on any atom is 0.416 e. The third kappa shape index (κ3) is 7.11. The number of piperazine rings is 1. The number of carbonyl (C=O) groups is 2. The van der Waals surface area contributed by atoms with Crippen molar-refractivity contribution in [2.45, 2.75) is 49.9 Å². The zero-order chi connectivity index (χ0) is 29.3. The van der Waals surface area contributed by atoms with E-state index in [0.29, 0.717) is 24.9 Å². The number of fused-ring (bicyclic) bond motifs is 1. The SMILES string of the molecule is CN(C[C@@H](CCN1CC(N2CCN3C(=O)CCC[C@H]3C2)C1)c1ccc(F)cc1)C(=O)c1cc(Br)cc(C(F)(F)F)c1. The molecule has 3 fully saturated rings. The van der Waals surface area contributed by atoms with E-state index >= 15 is 0 Å². The van der Waals surface area contributed by atoms with Crippen molar-refractivity contribution in [3.63, 3.8) is 0 Å². The predicted molar refractivity (Wildman–Crippen MR) is 151 cm³/mol. The Morgan fingerprint density at radius 2 is 1.80 bits per heavy atom. The molecule has 0 N–H and O–H groups in total. The van der Waals surface area contributed by atoms with Crippen molar-refractivity contribution in [1.29, 1.82) is 0 Å². The fourth-order valence-corrected chi connectivity index (χ4v) is 6.82. The Hall–Kier alpha value is -2.50. The molecule has 0 bridgehead atoms. The standard InChI is InChI=1S/C30H35BrF4N4O2/c1-36(29(41)22-13-23(30(33,34)35)15-24(31)14-22)16-21(20-5-7-25(32)8-6-20)9-10-37-17-27(18-37)38-11-12-39-26(19-38)3-2-4-28(39)40/h5-8,13-15,21,26-27H,2-4,9-12,16-19H2,1H3/t21-,26+/m1/s1. The average Bonchev–Trinajstić information content (AvgIpc) is 2.90. The lowest BCUT2D eigenvalue weighted by Gasteiger charge is -2.51. The van der Waals surface area contributed by atoms with E-state index in [1.165, 1.54) is 23.1 Å². The number of halogens is 5. The van der Waals surface area contributed by atoms with Crippen molar-refractivity contribution in [1.82, 2.24) is 19.6 Å². The molecule has 0 spiro atoms. The van der Waals surface area contributed by atoms with Crippen LogP contribution in [-0.4, -0.2) is 96.4 Å². The smallest absolute Gasteiger partial charge is 0.341 e. The molecule has 11 heteroatoms. The Kier molecular flexibility index (Phi) is 9.06. The quantitative estimate of drug-likeness (QED) is 0.372. The van der Waals surface area contributed by atoms with Crippen LogP contribution < -0.4 is 0 Å². The van der Waals surface area contributed by atoms with Gasteiger partial charge in [-0.1, -0.05) is 28.1 Å². The lowest BCUT2D eigenvalue weighted by atomic mass is 9.93. The van der Waals surface area contributed by atoms with Crippen molar-refractivity contribution < 1.29 is 27.2 Å². The summed E-state index contributed by atoms with van der Waals surface area (Å²) < 4.78 is 53.8. The van der Waals surface area contributed by atoms with E-state index in [4.69, 9.17) is 0 Å². The van der Waals surface area contributed by atoms with Crippen molar-refractivity contribution in [3.8, 4) is 0 Å². The van der Waals surface area contributed by atoms with Crippen molar-refractivity contribution in [3.05, 3.63) is 69.4 Å². The number of nitrogens with zero attached hydrogens (tertiary/aromatic N) is 4. The van der Waals surface area contributed by atoms with E-state index in [1.807, 2.05) is 0 Å². The number of piperidine rings is 1. The molecule has 0 aromatic heterocycles. The fourth-order valence-electron chi connectivity index (χ4n) is 6.32. The first-order valence-corrected chi connectivity index (χ1v) is 14.9. The average molecular weight is 640 g/mol. The highest BCUT2D eigenvalue weighted by Crippen LogP contribution is 2.33. The summed E-state index contributed by atoms with van der Waals surface area (Å²) in [5, 5.41) is 0. The molecule has 222 valence electrons. The molecular weight excluding hydrogens is 604 g/mol. The van der Waals surface area contributed by atoms with Crippen LogP contribution in [0.2, 0.25) is 0 Å². The molecule has 0 saturated carbocycles. The van der Waals surface area contributed by atoms with Crippen LogP contribution in [0.1, 0.15) is 53.1 Å². The van der Waals surface area contributed by atoms with E-state index in [1.54, 1.807) is 19.2 Å². The van der Waals surface area contributed by atoms with Gasteiger partial charge in [0.25, 0.3) is 5.91 Å². The third-order valence-electron chi connectivity index (χ3n) is 8.66. The van der Waals surface area contributed by atoms with Gasteiger partial charge in [-0.05, 0) is 61.7 Å². The normalized spacial score (nSPS) is 21.4. The second kappa shape index (κ2) is 12.4. The summed E-state index contributed by atoms with van der Waals surface area (Å²) >= 11 is 3.09. The molecule has 3 aliphatic heterocycles. The van der Waals surface area contributed by atoms with Gasteiger partial charge in [0.15, 0.2) is 0 Å². The Morgan fingerprint density at radius 3 is 2.51 bits per heavy atom. The first-order chi connectivity index (χ1) is 19.5. The zero-order valence-corrected chi connectivity index (χ0v) is 24.6. The second-order valence-corrected chi connectivity index (χ2v) is 12.4.